The molecule has 2 N–H and O–H groups in total. The Labute approximate surface area is 179 Å². The highest BCUT2D eigenvalue weighted by Crippen LogP contribution is 2.76. The number of piperidine rings is 1. The highest BCUT2D eigenvalue weighted by Gasteiger charge is 2.80. The molecule has 0 amide bonds. The molecule has 2 aliphatic heterocycles. The lowest BCUT2D eigenvalue weighted by Crippen LogP contribution is -2.81. The zero-order valence-corrected chi connectivity index (χ0v) is 18.3. The monoisotopic (exact) mass is 410 g/mol. The molecule has 4 bridgehead atoms. The summed E-state index contributed by atoms with van der Waals surface area (Å²) in [5, 5.41) is 0. The molecule has 6 atom stereocenters. The molecule has 2 spiro atoms. The second-order valence-electron chi connectivity index (χ2n) is 11.0. The largest absolute Gasteiger partial charge is 0.493 e. The molecule has 2 heterocycles. The van der Waals surface area contributed by atoms with Crippen LogP contribution in [-0.4, -0.2) is 56.5 Å². The normalized spacial score (nSPS) is 45.2. The maximum atomic E-state index is 6.96. The van der Waals surface area contributed by atoms with E-state index in [1.165, 1.54) is 56.3 Å². The summed E-state index contributed by atoms with van der Waals surface area (Å²) in [6.07, 6.45) is 8.70. The van der Waals surface area contributed by atoms with Crippen molar-refractivity contribution in [3.8, 4) is 11.5 Å². The number of benzene rings is 1. The Morgan fingerprint density at radius 1 is 1.20 bits per heavy atom. The highest BCUT2D eigenvalue weighted by molar-refractivity contribution is 5.63. The number of likely N-dealkylation sites (tertiary alicyclic amines) is 1. The van der Waals surface area contributed by atoms with Crippen LogP contribution in [0.15, 0.2) is 12.1 Å². The molecule has 5 fully saturated rings. The lowest BCUT2D eigenvalue weighted by atomic mass is 9.35. The number of ether oxygens (including phenoxy) is 3. The Balaban J connectivity index is 1.48. The molecule has 0 aromatic heterocycles. The maximum Gasteiger partial charge on any atom is 0.165 e. The highest BCUT2D eigenvalue weighted by atomic mass is 16.6. The zero-order chi connectivity index (χ0) is 20.3. The van der Waals surface area contributed by atoms with Crippen LogP contribution < -0.4 is 15.2 Å². The van der Waals surface area contributed by atoms with Gasteiger partial charge < -0.3 is 19.9 Å². The van der Waals surface area contributed by atoms with Crippen molar-refractivity contribution in [2.75, 3.05) is 33.9 Å². The van der Waals surface area contributed by atoms with Crippen LogP contribution in [0.5, 0.6) is 11.5 Å². The number of fused-ring (bicyclic) bond motifs is 2. The van der Waals surface area contributed by atoms with Gasteiger partial charge in [-0.15, -0.1) is 0 Å². The van der Waals surface area contributed by atoms with Gasteiger partial charge in [0.05, 0.1) is 7.11 Å². The minimum Gasteiger partial charge on any atom is -0.493 e. The number of nitrogens with two attached hydrogens (primary N) is 1. The van der Waals surface area contributed by atoms with Crippen molar-refractivity contribution in [1.29, 1.82) is 0 Å². The molecule has 5 aliphatic carbocycles. The van der Waals surface area contributed by atoms with Crippen molar-refractivity contribution in [1.82, 2.24) is 4.90 Å². The van der Waals surface area contributed by atoms with E-state index in [-0.39, 0.29) is 22.5 Å². The molecule has 1 aromatic carbocycles. The van der Waals surface area contributed by atoms with Crippen molar-refractivity contribution in [2.45, 2.75) is 68.1 Å². The van der Waals surface area contributed by atoms with E-state index in [0.717, 1.165) is 30.3 Å². The quantitative estimate of drug-likeness (QED) is 0.809. The Hall–Kier alpha value is -1.30. The fraction of sp³-hybridized carbons (Fsp3) is 0.760. The second kappa shape index (κ2) is 5.73. The van der Waals surface area contributed by atoms with Gasteiger partial charge in [0, 0.05) is 42.0 Å². The maximum absolute atomic E-state index is 6.96. The number of hydrogen-bond acceptors (Lipinski definition) is 5. The second-order valence-corrected chi connectivity index (χ2v) is 11.0. The molecule has 8 rings (SSSR count). The Bertz CT molecular complexity index is 916. The van der Waals surface area contributed by atoms with E-state index >= 15 is 0 Å². The van der Waals surface area contributed by atoms with Gasteiger partial charge in [0.15, 0.2) is 11.5 Å². The summed E-state index contributed by atoms with van der Waals surface area (Å²) in [4.78, 5) is 2.88. The molecular weight excluding hydrogens is 376 g/mol. The average Bonchev–Trinajstić information content (AvgIpc) is 3.52. The van der Waals surface area contributed by atoms with Gasteiger partial charge in [-0.1, -0.05) is 6.07 Å². The summed E-state index contributed by atoms with van der Waals surface area (Å²) in [7, 11) is 3.66. The standard InChI is InChI=1S/C25H34N2O3/c1-28-18-6-5-16-11-19-23-7-8-25(29-2,17(12-23)13-26)22-24(23,20(16)21(18)30-22)9-10-27(19)14-15-3-4-15/h5-6,15,17,19,22H,3-4,7-14,26H2,1-2H3/t17-,19+,22+,23+,24-,25+/m0/s1. The van der Waals surface area contributed by atoms with Crippen molar-refractivity contribution in [3.05, 3.63) is 23.3 Å². The van der Waals surface area contributed by atoms with E-state index in [1.54, 1.807) is 7.11 Å². The van der Waals surface area contributed by atoms with Gasteiger partial charge in [0.2, 0.25) is 0 Å². The van der Waals surface area contributed by atoms with Gasteiger partial charge in [-0.2, -0.15) is 0 Å². The van der Waals surface area contributed by atoms with Crippen molar-refractivity contribution in [3.63, 3.8) is 0 Å². The number of methoxy groups -OCH3 is 2. The molecule has 0 unspecified atom stereocenters. The van der Waals surface area contributed by atoms with Crippen molar-refractivity contribution >= 4 is 0 Å². The predicted molar refractivity (Wildman–Crippen MR) is 114 cm³/mol. The van der Waals surface area contributed by atoms with Crippen molar-refractivity contribution < 1.29 is 14.2 Å². The summed E-state index contributed by atoms with van der Waals surface area (Å²) in [6, 6.07) is 5.06. The first kappa shape index (κ1) is 18.3. The van der Waals surface area contributed by atoms with Gasteiger partial charge in [0.1, 0.15) is 11.7 Å². The molecule has 1 aromatic rings. The number of rotatable bonds is 5. The molecule has 5 nitrogen and oxygen atoms in total. The Kier molecular flexibility index (Phi) is 3.49. The van der Waals surface area contributed by atoms with E-state index in [4.69, 9.17) is 19.9 Å². The first-order chi connectivity index (χ1) is 14.6. The summed E-state index contributed by atoms with van der Waals surface area (Å²) in [5.74, 6) is 3.19. The van der Waals surface area contributed by atoms with E-state index in [0.29, 0.717) is 18.5 Å². The lowest BCUT2D eigenvalue weighted by molar-refractivity contribution is -0.275. The first-order valence-corrected chi connectivity index (χ1v) is 12.0. The average molecular weight is 411 g/mol. The Morgan fingerprint density at radius 2 is 2.07 bits per heavy atom. The summed E-state index contributed by atoms with van der Waals surface area (Å²) < 4.78 is 19.2. The summed E-state index contributed by atoms with van der Waals surface area (Å²) in [6.45, 7) is 3.16. The number of hydrogen-bond donors (Lipinski definition) is 1. The zero-order valence-electron chi connectivity index (χ0n) is 18.3. The lowest BCUT2D eigenvalue weighted by Gasteiger charge is -2.74. The van der Waals surface area contributed by atoms with Gasteiger partial charge in [-0.3, -0.25) is 4.90 Å². The third-order valence-electron chi connectivity index (χ3n) is 10.3. The summed E-state index contributed by atoms with van der Waals surface area (Å²) in [5.41, 5.74) is 9.41. The van der Waals surface area contributed by atoms with Gasteiger partial charge in [0.25, 0.3) is 0 Å². The topological polar surface area (TPSA) is 57.0 Å². The third kappa shape index (κ3) is 1.81. The van der Waals surface area contributed by atoms with E-state index in [2.05, 4.69) is 17.0 Å². The van der Waals surface area contributed by atoms with Crippen LogP contribution >= 0.6 is 0 Å². The van der Waals surface area contributed by atoms with Gasteiger partial charge in [-0.25, -0.2) is 0 Å². The molecular formula is C25H34N2O3. The SMILES string of the molecule is COc1ccc2c3c1O[C@H]1[C@@]4(OC)CC[C@@]5(C[C@H]4CN)[C@@H](C2)N(CC2CC2)CC[C@]315. The van der Waals surface area contributed by atoms with Gasteiger partial charge in [-0.05, 0) is 75.6 Å². The molecule has 1 saturated heterocycles. The van der Waals surface area contributed by atoms with Crippen LogP contribution in [-0.2, 0) is 16.6 Å². The third-order valence-corrected chi connectivity index (χ3v) is 10.3. The molecule has 0 radical (unpaired) electrons. The van der Waals surface area contributed by atoms with E-state index in [1.807, 2.05) is 7.11 Å². The van der Waals surface area contributed by atoms with Crippen molar-refractivity contribution in [2.24, 2.45) is 23.0 Å². The first-order valence-electron chi connectivity index (χ1n) is 12.0. The molecule has 5 heteroatoms. The molecule has 7 aliphatic rings. The fourth-order valence-corrected chi connectivity index (χ4v) is 8.98. The minimum atomic E-state index is -0.279. The smallest absolute Gasteiger partial charge is 0.165 e. The molecule has 4 saturated carbocycles. The van der Waals surface area contributed by atoms with Crippen LogP contribution in [0.2, 0.25) is 0 Å². The van der Waals surface area contributed by atoms with Crippen LogP contribution in [0.4, 0.5) is 0 Å². The van der Waals surface area contributed by atoms with Gasteiger partial charge >= 0.3 is 0 Å². The Morgan fingerprint density at radius 3 is 2.80 bits per heavy atom. The molecule has 30 heavy (non-hydrogen) atoms. The van der Waals surface area contributed by atoms with Crippen LogP contribution in [0.3, 0.4) is 0 Å². The summed E-state index contributed by atoms with van der Waals surface area (Å²) >= 11 is 0. The minimum absolute atomic E-state index is 0.0507. The van der Waals surface area contributed by atoms with Crippen LogP contribution in [0.25, 0.3) is 0 Å². The predicted octanol–water partition coefficient (Wildman–Crippen LogP) is 2.88. The fourth-order valence-electron chi connectivity index (χ4n) is 8.98. The van der Waals surface area contributed by atoms with E-state index in [9.17, 15) is 0 Å². The van der Waals surface area contributed by atoms with E-state index < -0.39 is 0 Å². The van der Waals surface area contributed by atoms with Crippen LogP contribution in [0, 0.1) is 17.3 Å². The van der Waals surface area contributed by atoms with Crippen LogP contribution in [0.1, 0.15) is 49.7 Å². The molecule has 162 valence electrons. The number of nitrogens with zero attached hydrogens (tertiary/aromatic N) is 1.